The molecule has 7 rings (SSSR count). The van der Waals surface area contributed by atoms with Crippen LogP contribution in [0.4, 0.5) is 11.4 Å². The van der Waals surface area contributed by atoms with Gasteiger partial charge in [0.25, 0.3) is 26.0 Å². The van der Waals surface area contributed by atoms with Gasteiger partial charge in [-0.25, -0.2) is 16.8 Å². The number of benzene rings is 3. The molecular formula is C34H37N5O8S3. The zero-order chi connectivity index (χ0) is 35.6. The van der Waals surface area contributed by atoms with Crippen molar-refractivity contribution < 1.29 is 34.8 Å². The number of amides is 2. The summed E-state index contributed by atoms with van der Waals surface area (Å²) in [7, 11) is -9.79. The summed E-state index contributed by atoms with van der Waals surface area (Å²) in [4.78, 5) is 27.1. The number of primary amides is 1. The van der Waals surface area contributed by atoms with Crippen molar-refractivity contribution >= 4 is 58.9 Å². The Kier molecular flexibility index (Phi) is 8.34. The van der Waals surface area contributed by atoms with Crippen molar-refractivity contribution in [3.8, 4) is 0 Å². The van der Waals surface area contributed by atoms with Gasteiger partial charge in [0.05, 0.1) is 33.0 Å². The minimum absolute atomic E-state index is 0.0163. The Labute approximate surface area is 291 Å². The van der Waals surface area contributed by atoms with Crippen LogP contribution in [0.3, 0.4) is 0 Å². The highest BCUT2D eigenvalue weighted by Crippen LogP contribution is 2.59. The largest absolute Gasteiger partial charge is 0.366 e. The van der Waals surface area contributed by atoms with E-state index in [9.17, 15) is 34.8 Å². The number of sulfone groups is 1. The molecule has 3 aliphatic heterocycles. The molecule has 1 unspecified atom stereocenters. The Hall–Kier alpha value is -4.28. The average Bonchev–Trinajstić information content (AvgIpc) is 3.78. The van der Waals surface area contributed by atoms with E-state index in [0.29, 0.717) is 23.5 Å². The number of anilines is 2. The first kappa shape index (κ1) is 34.2. The number of rotatable bonds is 8. The van der Waals surface area contributed by atoms with Gasteiger partial charge >= 0.3 is 0 Å². The van der Waals surface area contributed by atoms with Gasteiger partial charge in [-0.05, 0) is 104 Å². The lowest BCUT2D eigenvalue weighted by molar-refractivity contribution is 0.0997. The van der Waals surface area contributed by atoms with Gasteiger partial charge in [0.15, 0.2) is 0 Å². The van der Waals surface area contributed by atoms with E-state index in [4.69, 9.17) is 5.73 Å². The fourth-order valence-electron chi connectivity index (χ4n) is 7.55. The van der Waals surface area contributed by atoms with Gasteiger partial charge in [0.1, 0.15) is 15.7 Å². The molecule has 0 bridgehead atoms. The van der Waals surface area contributed by atoms with Crippen LogP contribution in [0.2, 0.25) is 0 Å². The zero-order valence-corrected chi connectivity index (χ0v) is 29.7. The second-order valence-electron chi connectivity index (χ2n) is 13.5. The van der Waals surface area contributed by atoms with Crippen LogP contribution in [0.25, 0.3) is 0 Å². The maximum atomic E-state index is 14.4. The van der Waals surface area contributed by atoms with Crippen LogP contribution in [0.15, 0.2) is 80.9 Å². The number of fused-ring (bicyclic) bond motifs is 2. The SMILES string of the molecule is CN1CCCC1=NS(=O)(=O)c1cccc(NC(=O)c2ccc3c(c2)C2(CCS(=O)(=O)CC2)C(C2CC2)N3S(=O)(=O)c2ccc(C(N)=O)cc2)c1. The number of likely N-dealkylation sites (tertiary alicyclic amines) is 1. The smallest absolute Gasteiger partial charge is 0.284 e. The van der Waals surface area contributed by atoms with Gasteiger partial charge in [0, 0.05) is 42.2 Å². The van der Waals surface area contributed by atoms with Gasteiger partial charge in [-0.3, -0.25) is 13.9 Å². The minimum Gasteiger partial charge on any atom is -0.366 e. The third-order valence-electron chi connectivity index (χ3n) is 10.3. The highest BCUT2D eigenvalue weighted by molar-refractivity contribution is 7.93. The third kappa shape index (κ3) is 6.06. The lowest BCUT2D eigenvalue weighted by atomic mass is 9.70. The summed E-state index contributed by atoms with van der Waals surface area (Å²) < 4.78 is 85.8. The lowest BCUT2D eigenvalue weighted by Crippen LogP contribution is -2.52. The Morgan fingerprint density at radius 3 is 2.22 bits per heavy atom. The summed E-state index contributed by atoms with van der Waals surface area (Å²) in [5.74, 6) is -1.01. The van der Waals surface area contributed by atoms with Crippen molar-refractivity contribution in [2.75, 3.05) is 34.7 Å². The van der Waals surface area contributed by atoms with Crippen LogP contribution in [0.1, 0.15) is 64.8 Å². The molecular weight excluding hydrogens is 703 g/mol. The van der Waals surface area contributed by atoms with E-state index in [1.165, 1.54) is 52.8 Å². The van der Waals surface area contributed by atoms with E-state index in [2.05, 4.69) is 9.71 Å². The number of hydrogen-bond donors (Lipinski definition) is 2. The number of sulfonamides is 2. The Morgan fingerprint density at radius 1 is 0.920 bits per heavy atom. The van der Waals surface area contributed by atoms with Crippen molar-refractivity contribution in [2.24, 2.45) is 16.0 Å². The van der Waals surface area contributed by atoms with E-state index in [-0.39, 0.29) is 56.9 Å². The van der Waals surface area contributed by atoms with Gasteiger partial charge in [0.2, 0.25) is 5.91 Å². The van der Waals surface area contributed by atoms with E-state index in [0.717, 1.165) is 25.8 Å². The summed E-state index contributed by atoms with van der Waals surface area (Å²) in [6.07, 6.45) is 3.30. The quantitative estimate of drug-likeness (QED) is 0.349. The topological polar surface area (TPSA) is 193 Å². The van der Waals surface area contributed by atoms with Crippen molar-refractivity contribution in [1.82, 2.24) is 4.90 Å². The summed E-state index contributed by atoms with van der Waals surface area (Å²) in [6, 6.07) is 15.4. The third-order valence-corrected chi connectivity index (χ3v) is 15.0. The number of carbonyl (C=O) groups excluding carboxylic acids is 2. The summed E-state index contributed by atoms with van der Waals surface area (Å²) >= 11 is 0. The lowest BCUT2D eigenvalue weighted by Gasteiger charge is -2.41. The normalized spacial score (nSPS) is 22.1. The standard InChI is InChI=1S/C34H37N5O8S3/c1-38-17-3-6-30(38)37-49(44,45)27-5-2-4-25(21-27)36-33(41)24-11-14-29-28(20-24)34(15-18-48(42,43)19-16-34)31(22-7-8-22)39(29)50(46,47)26-12-9-23(10-13-26)32(35)40/h2,4-5,9-14,20-22,31H,3,6-8,15-19H2,1H3,(H2,35,40)(H,36,41). The average molecular weight is 740 g/mol. The summed E-state index contributed by atoms with van der Waals surface area (Å²) in [5.41, 5.74) is 6.07. The van der Waals surface area contributed by atoms with Gasteiger partial charge in [-0.1, -0.05) is 6.07 Å². The van der Waals surface area contributed by atoms with E-state index < -0.39 is 53.2 Å². The second-order valence-corrected chi connectivity index (χ2v) is 19.2. The summed E-state index contributed by atoms with van der Waals surface area (Å²) in [5, 5.41) is 2.77. The van der Waals surface area contributed by atoms with Crippen molar-refractivity contribution in [3.63, 3.8) is 0 Å². The first-order valence-electron chi connectivity index (χ1n) is 16.4. The highest BCUT2D eigenvalue weighted by Gasteiger charge is 2.60. The molecule has 1 aliphatic carbocycles. The molecule has 1 saturated carbocycles. The molecule has 3 heterocycles. The molecule has 2 amide bonds. The molecule has 3 N–H and O–H groups in total. The molecule has 0 aromatic heterocycles. The molecule has 1 atom stereocenters. The molecule has 3 fully saturated rings. The fraction of sp³-hybridized carbons (Fsp3) is 0.382. The van der Waals surface area contributed by atoms with Gasteiger partial charge < -0.3 is 16.0 Å². The molecule has 1 spiro atoms. The number of nitrogens with two attached hydrogens (primary N) is 1. The Morgan fingerprint density at radius 2 is 1.60 bits per heavy atom. The first-order valence-corrected chi connectivity index (χ1v) is 21.1. The minimum atomic E-state index is -4.20. The van der Waals surface area contributed by atoms with Crippen LogP contribution in [0, 0.1) is 5.92 Å². The van der Waals surface area contributed by atoms with Crippen LogP contribution in [0.5, 0.6) is 0 Å². The molecule has 0 radical (unpaired) electrons. The Balaban J connectivity index is 1.26. The van der Waals surface area contributed by atoms with Gasteiger partial charge in [-0.2, -0.15) is 8.42 Å². The predicted molar refractivity (Wildman–Crippen MR) is 188 cm³/mol. The Bertz CT molecular complexity index is 2250. The van der Waals surface area contributed by atoms with E-state index in [1.807, 2.05) is 0 Å². The van der Waals surface area contributed by atoms with Crippen LogP contribution in [-0.4, -0.2) is 78.9 Å². The molecule has 2 saturated heterocycles. The number of carbonyl (C=O) groups is 2. The molecule has 3 aromatic carbocycles. The van der Waals surface area contributed by atoms with Crippen molar-refractivity contribution in [1.29, 1.82) is 0 Å². The van der Waals surface area contributed by atoms with E-state index >= 15 is 0 Å². The molecule has 3 aromatic rings. The van der Waals surface area contributed by atoms with Crippen molar-refractivity contribution in [3.05, 3.63) is 83.4 Å². The maximum absolute atomic E-state index is 14.4. The number of hydrogen-bond acceptors (Lipinski definition) is 8. The molecule has 16 heteroatoms. The van der Waals surface area contributed by atoms with Crippen LogP contribution >= 0.6 is 0 Å². The highest BCUT2D eigenvalue weighted by atomic mass is 32.2. The molecule has 4 aliphatic rings. The van der Waals surface area contributed by atoms with E-state index in [1.54, 1.807) is 30.1 Å². The van der Waals surface area contributed by atoms with Crippen LogP contribution in [-0.2, 0) is 35.3 Å². The summed E-state index contributed by atoms with van der Waals surface area (Å²) in [6.45, 7) is 0.720. The number of nitrogens with zero attached hydrogens (tertiary/aromatic N) is 3. The number of amidine groups is 1. The van der Waals surface area contributed by atoms with Gasteiger partial charge in [-0.15, -0.1) is 4.40 Å². The zero-order valence-electron chi connectivity index (χ0n) is 27.3. The maximum Gasteiger partial charge on any atom is 0.284 e. The second kappa shape index (κ2) is 12.2. The molecule has 13 nitrogen and oxygen atoms in total. The fourth-order valence-corrected chi connectivity index (χ4v) is 12.0. The molecule has 264 valence electrons. The monoisotopic (exact) mass is 739 g/mol. The number of nitrogens with one attached hydrogen (secondary N) is 1. The molecule has 50 heavy (non-hydrogen) atoms. The predicted octanol–water partition coefficient (Wildman–Crippen LogP) is 3.28. The van der Waals surface area contributed by atoms with Crippen molar-refractivity contribution in [2.45, 2.75) is 59.8 Å². The van der Waals surface area contributed by atoms with Crippen LogP contribution < -0.4 is 15.4 Å². The first-order chi connectivity index (χ1) is 23.6.